The highest BCUT2D eigenvalue weighted by atomic mass is 16.7. The molecule has 2 fully saturated rings. The average Bonchev–Trinajstić information content (AvgIpc) is 3.02. The molecule has 0 radical (unpaired) electrons. The van der Waals surface area contributed by atoms with Gasteiger partial charge in [0.2, 0.25) is 23.8 Å². The summed E-state index contributed by atoms with van der Waals surface area (Å²) in [5.41, 5.74) is -1.15. The number of phenols is 2. The quantitative estimate of drug-likeness (QED) is 0.117. The summed E-state index contributed by atoms with van der Waals surface area (Å²) in [6, 6.07) is 7.31. The minimum absolute atomic E-state index is 0.137. The molecule has 17 nitrogen and oxygen atoms in total. The van der Waals surface area contributed by atoms with E-state index in [0.29, 0.717) is 0 Å². The Balaban J connectivity index is 1.54. The van der Waals surface area contributed by atoms with Crippen molar-refractivity contribution in [1.29, 1.82) is 0 Å². The van der Waals surface area contributed by atoms with Crippen LogP contribution in [0, 0.1) is 0 Å². The summed E-state index contributed by atoms with van der Waals surface area (Å²) in [7, 11) is 0. The first-order valence-corrected chi connectivity index (χ1v) is 13.9. The van der Waals surface area contributed by atoms with E-state index in [0.717, 1.165) is 19.1 Å². The maximum atomic E-state index is 13.8. The van der Waals surface area contributed by atoms with Crippen molar-refractivity contribution in [3.63, 3.8) is 0 Å². The zero-order valence-corrected chi connectivity index (χ0v) is 23.9. The zero-order valence-electron chi connectivity index (χ0n) is 23.9. The van der Waals surface area contributed by atoms with Crippen molar-refractivity contribution in [2.45, 2.75) is 68.3 Å². The predicted molar refractivity (Wildman–Crippen MR) is 150 cm³/mol. The van der Waals surface area contributed by atoms with Crippen LogP contribution in [-0.4, -0.2) is 127 Å². The highest BCUT2D eigenvalue weighted by Gasteiger charge is 2.47. The summed E-state index contributed by atoms with van der Waals surface area (Å²) in [6.45, 7) is -0.135. The van der Waals surface area contributed by atoms with E-state index in [1.54, 1.807) is 0 Å². The van der Waals surface area contributed by atoms with Crippen molar-refractivity contribution in [2.75, 3.05) is 13.2 Å². The molecule has 0 aliphatic carbocycles. The van der Waals surface area contributed by atoms with Crippen LogP contribution < -0.4 is 14.9 Å². The van der Waals surface area contributed by atoms with E-state index in [-0.39, 0.29) is 28.4 Å². The number of fused-ring (bicyclic) bond motifs is 1. The summed E-state index contributed by atoms with van der Waals surface area (Å²) < 4.78 is 32.9. The molecule has 10 unspecified atom stereocenters. The summed E-state index contributed by atoms with van der Waals surface area (Å²) in [5.74, 6) is -2.72. The molecule has 9 N–H and O–H groups in total. The second kappa shape index (κ2) is 13.4. The number of aromatic hydroxyl groups is 2. The van der Waals surface area contributed by atoms with Crippen LogP contribution in [0.2, 0.25) is 0 Å². The third-order valence-corrected chi connectivity index (χ3v) is 7.49. The van der Waals surface area contributed by atoms with Gasteiger partial charge in [-0.05, 0) is 24.3 Å². The van der Waals surface area contributed by atoms with Gasteiger partial charge >= 0.3 is 5.97 Å². The topological polar surface area (TPSA) is 276 Å². The Bertz CT molecular complexity index is 1600. The lowest BCUT2D eigenvalue weighted by Gasteiger charge is -2.39. The fourth-order valence-corrected chi connectivity index (χ4v) is 5.00. The maximum Gasteiger partial charge on any atom is 0.302 e. The minimum atomic E-state index is -1.90. The molecule has 0 bridgehead atoms. The lowest BCUT2D eigenvalue weighted by molar-refractivity contribution is -0.278. The second-order valence-electron chi connectivity index (χ2n) is 10.7. The lowest BCUT2D eigenvalue weighted by Crippen LogP contribution is -2.60. The van der Waals surface area contributed by atoms with Crippen molar-refractivity contribution in [3.05, 3.63) is 46.6 Å². The molecule has 46 heavy (non-hydrogen) atoms. The van der Waals surface area contributed by atoms with E-state index in [2.05, 4.69) is 0 Å². The molecule has 3 heterocycles. The van der Waals surface area contributed by atoms with Gasteiger partial charge in [-0.3, -0.25) is 9.59 Å². The van der Waals surface area contributed by atoms with Crippen molar-refractivity contribution in [3.8, 4) is 34.3 Å². The summed E-state index contributed by atoms with van der Waals surface area (Å²) in [6.07, 6.45) is -16.8. The van der Waals surface area contributed by atoms with Crippen LogP contribution >= 0.6 is 0 Å². The number of phenolic OH excluding ortho intramolecular Hbond substituents is 2. The van der Waals surface area contributed by atoms with Crippen LogP contribution in [0.4, 0.5) is 0 Å². The van der Waals surface area contributed by atoms with E-state index in [1.807, 2.05) is 0 Å². The highest BCUT2D eigenvalue weighted by molar-refractivity contribution is 5.88. The number of carbonyl (C=O) groups excluding carboxylic acids is 1. The molecule has 2 aliphatic rings. The molecular weight excluding hydrogens is 620 g/mol. The van der Waals surface area contributed by atoms with Crippen LogP contribution in [0.5, 0.6) is 23.0 Å². The number of aliphatic hydroxyl groups excluding tert-OH is 7. The van der Waals surface area contributed by atoms with Crippen molar-refractivity contribution >= 4 is 16.9 Å². The van der Waals surface area contributed by atoms with Gasteiger partial charge in [-0.15, -0.1) is 0 Å². The molecular formula is C29H32O17. The number of ether oxygens (including phenoxy) is 5. The van der Waals surface area contributed by atoms with Crippen LogP contribution in [0.25, 0.3) is 22.3 Å². The van der Waals surface area contributed by atoms with Gasteiger partial charge in [0.25, 0.3) is 0 Å². The van der Waals surface area contributed by atoms with Crippen LogP contribution in [0.3, 0.4) is 0 Å². The largest absolute Gasteiger partial charge is 0.508 e. The fraction of sp³-hybridized carbons (Fsp3) is 0.448. The standard InChI is InChI=1S/C29H32O17/c1-10(31)41-9-17-20(35)23(38)24(39)28(45-17)42-13-6-14(33)18-15(7-13)43-26(11-2-4-12(32)5-3-11)27(21(18)36)46-29-25(40)22(37)19(34)16(8-30)44-29/h2-7,16-17,19-20,22-25,28-30,32-35,37-40H,8-9H2,1H3. The Morgan fingerprint density at radius 1 is 0.804 bits per heavy atom. The number of hydrogen-bond acceptors (Lipinski definition) is 17. The lowest BCUT2D eigenvalue weighted by atomic mass is 9.99. The molecule has 2 saturated heterocycles. The molecule has 5 rings (SSSR count). The summed E-state index contributed by atoms with van der Waals surface area (Å²) in [5, 5.41) is 91.6. The van der Waals surface area contributed by atoms with Gasteiger partial charge in [0.15, 0.2) is 5.76 Å². The van der Waals surface area contributed by atoms with Gasteiger partial charge in [0.05, 0.1) is 6.61 Å². The Hall–Kier alpha value is -4.04. The number of aliphatic hydroxyl groups is 7. The molecule has 2 aliphatic heterocycles. The first-order chi connectivity index (χ1) is 21.8. The molecule has 0 spiro atoms. The molecule has 3 aromatic rings. The average molecular weight is 653 g/mol. The van der Waals surface area contributed by atoms with Gasteiger partial charge < -0.3 is 74.1 Å². The number of esters is 1. The monoisotopic (exact) mass is 652 g/mol. The molecule has 250 valence electrons. The van der Waals surface area contributed by atoms with Crippen LogP contribution in [0.15, 0.2) is 45.6 Å². The predicted octanol–water partition coefficient (Wildman–Crippen LogP) is -2.20. The third-order valence-electron chi connectivity index (χ3n) is 7.49. The van der Waals surface area contributed by atoms with E-state index in [1.165, 1.54) is 24.3 Å². The Labute approximate surface area is 258 Å². The van der Waals surface area contributed by atoms with Gasteiger partial charge in [0.1, 0.15) is 83.7 Å². The van der Waals surface area contributed by atoms with E-state index < -0.39 is 103 Å². The van der Waals surface area contributed by atoms with Crippen LogP contribution in [-0.2, 0) is 19.0 Å². The second-order valence-corrected chi connectivity index (χ2v) is 10.7. The Kier molecular flexibility index (Phi) is 9.68. The fourth-order valence-electron chi connectivity index (χ4n) is 5.00. The number of rotatable bonds is 8. The van der Waals surface area contributed by atoms with Crippen molar-refractivity contribution < 1.29 is 78.9 Å². The summed E-state index contributed by atoms with van der Waals surface area (Å²) >= 11 is 0. The first kappa shape index (κ1) is 33.3. The van der Waals surface area contributed by atoms with Gasteiger partial charge in [-0.2, -0.15) is 0 Å². The molecule has 10 atom stereocenters. The molecule has 17 heteroatoms. The Morgan fingerprint density at radius 3 is 2.00 bits per heavy atom. The van der Waals surface area contributed by atoms with E-state index in [9.17, 15) is 55.5 Å². The smallest absolute Gasteiger partial charge is 0.302 e. The van der Waals surface area contributed by atoms with Gasteiger partial charge in [-0.1, -0.05) is 0 Å². The third kappa shape index (κ3) is 6.45. The SMILES string of the molecule is CC(=O)OCC1OC(Oc2cc(O)c3c(=O)c(OC4OC(CO)C(O)C(O)C4O)c(-c4ccc(O)cc4)oc3c2)C(O)C(O)C1O. The van der Waals surface area contributed by atoms with Gasteiger partial charge in [0, 0.05) is 24.6 Å². The maximum absolute atomic E-state index is 13.8. The minimum Gasteiger partial charge on any atom is -0.508 e. The van der Waals surface area contributed by atoms with Crippen molar-refractivity contribution in [1.82, 2.24) is 0 Å². The number of hydrogen-bond donors (Lipinski definition) is 9. The van der Waals surface area contributed by atoms with Crippen LogP contribution in [0.1, 0.15) is 6.92 Å². The first-order valence-electron chi connectivity index (χ1n) is 13.9. The zero-order chi connectivity index (χ0) is 33.4. The van der Waals surface area contributed by atoms with E-state index in [4.69, 9.17) is 28.1 Å². The Morgan fingerprint density at radius 2 is 1.39 bits per heavy atom. The molecule has 1 aromatic heterocycles. The molecule has 0 amide bonds. The van der Waals surface area contributed by atoms with Crippen molar-refractivity contribution in [2.24, 2.45) is 0 Å². The molecule has 0 saturated carbocycles. The van der Waals surface area contributed by atoms with Gasteiger partial charge in [-0.25, -0.2) is 0 Å². The molecule has 2 aromatic carbocycles. The van der Waals surface area contributed by atoms with E-state index >= 15 is 0 Å². The number of carbonyl (C=O) groups is 1. The summed E-state index contributed by atoms with van der Waals surface area (Å²) in [4.78, 5) is 25.0. The highest BCUT2D eigenvalue weighted by Crippen LogP contribution is 2.38. The normalized spacial score (nSPS) is 31.4. The number of benzene rings is 2.